The van der Waals surface area contributed by atoms with Crippen LogP contribution in [-0.2, 0) is 0 Å². The van der Waals surface area contributed by atoms with E-state index in [0.717, 1.165) is 5.69 Å². The minimum absolute atomic E-state index is 0.113. The van der Waals surface area contributed by atoms with Gasteiger partial charge in [0.05, 0.1) is 16.4 Å². The Labute approximate surface area is 113 Å². The summed E-state index contributed by atoms with van der Waals surface area (Å²) in [5.41, 5.74) is 6.96. The predicted molar refractivity (Wildman–Crippen MR) is 75.5 cm³/mol. The van der Waals surface area contributed by atoms with E-state index < -0.39 is 5.82 Å². The molecule has 100 valence electrons. The van der Waals surface area contributed by atoms with Crippen molar-refractivity contribution in [1.29, 1.82) is 0 Å². The third-order valence-corrected chi connectivity index (χ3v) is 4.12. The predicted octanol–water partition coefficient (Wildman–Crippen LogP) is 4.44. The zero-order chi connectivity index (χ0) is 13.1. The highest BCUT2D eigenvalue weighted by atomic mass is 35.5. The fourth-order valence-corrected chi connectivity index (χ4v) is 2.85. The van der Waals surface area contributed by atoms with E-state index in [2.05, 4.69) is 12.2 Å². The maximum absolute atomic E-state index is 13.2. The summed E-state index contributed by atoms with van der Waals surface area (Å²) in [4.78, 5) is 0. The molecule has 1 aliphatic carbocycles. The molecule has 2 rings (SSSR count). The van der Waals surface area contributed by atoms with Gasteiger partial charge >= 0.3 is 0 Å². The van der Waals surface area contributed by atoms with E-state index in [1.165, 1.54) is 38.2 Å². The first-order chi connectivity index (χ1) is 8.58. The zero-order valence-electron chi connectivity index (χ0n) is 10.7. The molecule has 4 heteroatoms. The van der Waals surface area contributed by atoms with E-state index in [1.54, 1.807) is 6.07 Å². The number of rotatable bonds is 3. The molecular formula is C14H20ClFN2. The summed E-state index contributed by atoms with van der Waals surface area (Å²) < 4.78 is 13.2. The molecule has 1 aromatic carbocycles. The van der Waals surface area contributed by atoms with Crippen molar-refractivity contribution < 1.29 is 4.39 Å². The fraction of sp³-hybridized carbons (Fsp3) is 0.571. The van der Waals surface area contributed by atoms with Crippen LogP contribution in [0.2, 0.25) is 5.02 Å². The lowest BCUT2D eigenvalue weighted by Crippen LogP contribution is -2.28. The van der Waals surface area contributed by atoms with Crippen molar-refractivity contribution in [3.63, 3.8) is 0 Å². The quantitative estimate of drug-likeness (QED) is 0.797. The average molecular weight is 271 g/mol. The summed E-state index contributed by atoms with van der Waals surface area (Å²) in [6.07, 6.45) is 6.45. The largest absolute Gasteiger partial charge is 0.397 e. The Morgan fingerprint density at radius 2 is 2.00 bits per heavy atom. The summed E-state index contributed by atoms with van der Waals surface area (Å²) in [7, 11) is 0. The van der Waals surface area contributed by atoms with E-state index in [4.69, 9.17) is 17.3 Å². The van der Waals surface area contributed by atoms with E-state index in [0.29, 0.717) is 17.6 Å². The van der Waals surface area contributed by atoms with Crippen LogP contribution >= 0.6 is 11.6 Å². The number of anilines is 2. The monoisotopic (exact) mass is 270 g/mol. The van der Waals surface area contributed by atoms with Crippen LogP contribution in [0.5, 0.6) is 0 Å². The molecule has 2 nitrogen and oxygen atoms in total. The van der Waals surface area contributed by atoms with Gasteiger partial charge in [0.2, 0.25) is 0 Å². The lowest BCUT2D eigenvalue weighted by atomic mass is 9.84. The van der Waals surface area contributed by atoms with Crippen LogP contribution in [0.15, 0.2) is 12.1 Å². The minimum Gasteiger partial charge on any atom is -0.397 e. The first-order valence-corrected chi connectivity index (χ1v) is 6.97. The highest BCUT2D eigenvalue weighted by molar-refractivity contribution is 6.31. The Kier molecular flexibility index (Phi) is 4.33. The Hall–Kier alpha value is -0.960. The van der Waals surface area contributed by atoms with Gasteiger partial charge < -0.3 is 11.1 Å². The molecule has 0 spiro atoms. The van der Waals surface area contributed by atoms with Crippen molar-refractivity contribution in [2.45, 2.75) is 45.1 Å². The van der Waals surface area contributed by atoms with E-state index in [9.17, 15) is 4.39 Å². The Balaban J connectivity index is 2.06. The molecule has 1 unspecified atom stereocenters. The third-order valence-electron chi connectivity index (χ3n) is 3.83. The second-order valence-corrected chi connectivity index (χ2v) is 5.59. The molecule has 1 aromatic rings. The van der Waals surface area contributed by atoms with Crippen LogP contribution in [0.25, 0.3) is 0 Å². The topological polar surface area (TPSA) is 38.0 Å². The molecule has 0 radical (unpaired) electrons. The van der Waals surface area contributed by atoms with Crippen molar-refractivity contribution in [3.05, 3.63) is 23.0 Å². The molecule has 18 heavy (non-hydrogen) atoms. The second kappa shape index (κ2) is 5.79. The summed E-state index contributed by atoms with van der Waals surface area (Å²) in [6, 6.07) is 3.19. The first-order valence-electron chi connectivity index (χ1n) is 6.59. The molecule has 3 N–H and O–H groups in total. The number of hydrogen-bond acceptors (Lipinski definition) is 2. The molecule has 0 heterocycles. The molecule has 0 bridgehead atoms. The third kappa shape index (κ3) is 3.08. The standard InChI is InChI=1S/C14H20ClFN2/c1-9(10-5-3-2-4-6-10)18-14-7-11(15)12(16)8-13(14)17/h7-10,18H,2-6,17H2,1H3. The Morgan fingerprint density at radius 3 is 2.67 bits per heavy atom. The normalized spacial score (nSPS) is 18.6. The number of nitrogens with two attached hydrogens (primary N) is 1. The second-order valence-electron chi connectivity index (χ2n) is 5.18. The van der Waals surface area contributed by atoms with Crippen LogP contribution in [0, 0.1) is 11.7 Å². The highest BCUT2D eigenvalue weighted by Gasteiger charge is 2.20. The van der Waals surface area contributed by atoms with Gasteiger partial charge in [-0.05, 0) is 31.7 Å². The lowest BCUT2D eigenvalue weighted by Gasteiger charge is -2.29. The maximum atomic E-state index is 13.2. The summed E-state index contributed by atoms with van der Waals surface area (Å²) in [5, 5.41) is 3.49. The van der Waals surface area contributed by atoms with E-state index in [1.807, 2.05) is 0 Å². The number of hydrogen-bond donors (Lipinski definition) is 2. The Morgan fingerprint density at radius 1 is 1.33 bits per heavy atom. The van der Waals surface area contributed by atoms with Gasteiger partial charge in [0.15, 0.2) is 0 Å². The number of halogens is 2. The van der Waals surface area contributed by atoms with Crippen LogP contribution in [0.4, 0.5) is 15.8 Å². The van der Waals surface area contributed by atoms with Crippen LogP contribution in [0.1, 0.15) is 39.0 Å². The Bertz CT molecular complexity index is 417. The fourth-order valence-electron chi connectivity index (χ4n) is 2.68. The van der Waals surface area contributed by atoms with Gasteiger partial charge in [-0.2, -0.15) is 0 Å². The average Bonchev–Trinajstić information content (AvgIpc) is 2.37. The van der Waals surface area contributed by atoms with Crippen LogP contribution in [0.3, 0.4) is 0 Å². The smallest absolute Gasteiger partial charge is 0.143 e. The first kappa shape index (κ1) is 13.5. The van der Waals surface area contributed by atoms with E-state index in [-0.39, 0.29) is 5.02 Å². The molecule has 1 saturated carbocycles. The molecule has 1 aliphatic rings. The van der Waals surface area contributed by atoms with Gasteiger partial charge in [-0.1, -0.05) is 30.9 Å². The maximum Gasteiger partial charge on any atom is 0.143 e. The van der Waals surface area contributed by atoms with Crippen molar-refractivity contribution in [1.82, 2.24) is 0 Å². The van der Waals surface area contributed by atoms with E-state index >= 15 is 0 Å². The van der Waals surface area contributed by atoms with Gasteiger partial charge in [-0.15, -0.1) is 0 Å². The molecule has 0 aliphatic heterocycles. The molecule has 1 fully saturated rings. The lowest BCUT2D eigenvalue weighted by molar-refractivity contribution is 0.328. The van der Waals surface area contributed by atoms with Crippen LogP contribution in [-0.4, -0.2) is 6.04 Å². The summed E-state index contributed by atoms with van der Waals surface area (Å²) >= 11 is 5.78. The molecular weight excluding hydrogens is 251 g/mol. The van der Waals surface area contributed by atoms with Gasteiger partial charge in [0, 0.05) is 12.1 Å². The van der Waals surface area contributed by atoms with Gasteiger partial charge in [-0.3, -0.25) is 0 Å². The van der Waals surface area contributed by atoms with Crippen molar-refractivity contribution in [3.8, 4) is 0 Å². The van der Waals surface area contributed by atoms with Gasteiger partial charge in [0.1, 0.15) is 5.82 Å². The molecule has 0 saturated heterocycles. The summed E-state index contributed by atoms with van der Waals surface area (Å²) in [5.74, 6) is 0.201. The summed E-state index contributed by atoms with van der Waals surface area (Å²) in [6.45, 7) is 2.16. The minimum atomic E-state index is -0.468. The van der Waals surface area contributed by atoms with Crippen LogP contribution < -0.4 is 11.1 Å². The van der Waals surface area contributed by atoms with Gasteiger partial charge in [0.25, 0.3) is 0 Å². The number of benzene rings is 1. The zero-order valence-corrected chi connectivity index (χ0v) is 11.4. The SMILES string of the molecule is CC(Nc1cc(Cl)c(F)cc1N)C1CCCCC1. The number of nitrogen functional groups attached to an aromatic ring is 1. The molecule has 0 aromatic heterocycles. The van der Waals surface area contributed by atoms with Crippen molar-refractivity contribution in [2.24, 2.45) is 5.92 Å². The molecule has 1 atom stereocenters. The highest BCUT2D eigenvalue weighted by Crippen LogP contribution is 2.31. The molecule has 0 amide bonds. The number of nitrogens with one attached hydrogen (secondary N) is 1. The van der Waals surface area contributed by atoms with Crippen molar-refractivity contribution in [2.75, 3.05) is 11.1 Å². The van der Waals surface area contributed by atoms with Crippen molar-refractivity contribution >= 4 is 23.0 Å². The van der Waals surface area contributed by atoms with Gasteiger partial charge in [-0.25, -0.2) is 4.39 Å².